The number of hydrogen-bond donors (Lipinski definition) is 0. The number of esters is 3. The maximum Gasteiger partial charge on any atom is 0.306 e. The molecule has 0 heterocycles. The molecule has 82 heavy (non-hydrogen) atoms. The third-order valence-electron chi connectivity index (χ3n) is 17.2. The number of allylic oxidation sites excluding steroid dienone is 4. The average Bonchev–Trinajstić information content (AvgIpc) is 3.47. The van der Waals surface area contributed by atoms with Crippen molar-refractivity contribution in [1.82, 2.24) is 0 Å². The lowest BCUT2D eigenvalue weighted by atomic mass is 10.0. The van der Waals surface area contributed by atoms with Crippen molar-refractivity contribution < 1.29 is 28.6 Å². The Labute approximate surface area is 513 Å². The van der Waals surface area contributed by atoms with E-state index >= 15 is 0 Å². The van der Waals surface area contributed by atoms with Crippen LogP contribution in [0.2, 0.25) is 0 Å². The summed E-state index contributed by atoms with van der Waals surface area (Å²) in [6.45, 7) is 6.71. The molecule has 0 saturated heterocycles. The van der Waals surface area contributed by atoms with Gasteiger partial charge in [0, 0.05) is 19.3 Å². The minimum Gasteiger partial charge on any atom is -0.462 e. The molecule has 0 radical (unpaired) electrons. The first-order valence-corrected chi connectivity index (χ1v) is 37.3. The molecule has 0 bridgehead atoms. The number of ether oxygens (including phenoxy) is 3. The van der Waals surface area contributed by atoms with Crippen molar-refractivity contribution in [1.29, 1.82) is 0 Å². The minimum absolute atomic E-state index is 0.0669. The van der Waals surface area contributed by atoms with Gasteiger partial charge in [-0.15, -0.1) is 0 Å². The van der Waals surface area contributed by atoms with E-state index in [0.717, 1.165) is 64.2 Å². The predicted octanol–water partition coefficient (Wildman–Crippen LogP) is 25.7. The Bertz CT molecular complexity index is 1320. The van der Waals surface area contributed by atoms with Crippen molar-refractivity contribution in [2.75, 3.05) is 13.2 Å². The average molecular weight is 1150 g/mol. The van der Waals surface area contributed by atoms with E-state index in [2.05, 4.69) is 45.1 Å². The highest BCUT2D eigenvalue weighted by Gasteiger charge is 2.20. The molecule has 6 nitrogen and oxygen atoms in total. The molecule has 0 spiro atoms. The van der Waals surface area contributed by atoms with Crippen LogP contribution in [0.15, 0.2) is 24.3 Å². The highest BCUT2D eigenvalue weighted by atomic mass is 16.6. The van der Waals surface area contributed by atoms with Crippen molar-refractivity contribution >= 4 is 17.9 Å². The lowest BCUT2D eigenvalue weighted by Gasteiger charge is -2.18. The minimum atomic E-state index is -0.771. The second-order valence-corrected chi connectivity index (χ2v) is 25.6. The van der Waals surface area contributed by atoms with Crippen molar-refractivity contribution in [3.05, 3.63) is 24.3 Å². The lowest BCUT2D eigenvalue weighted by molar-refractivity contribution is -0.167. The van der Waals surface area contributed by atoms with Gasteiger partial charge in [0.2, 0.25) is 0 Å². The smallest absolute Gasteiger partial charge is 0.306 e. The zero-order chi connectivity index (χ0) is 59.2. The third-order valence-corrected chi connectivity index (χ3v) is 17.2. The predicted molar refractivity (Wildman–Crippen MR) is 358 cm³/mol. The number of rotatable bonds is 70. The van der Waals surface area contributed by atoms with Gasteiger partial charge in [-0.3, -0.25) is 14.4 Å². The van der Waals surface area contributed by atoms with Gasteiger partial charge in [-0.05, 0) is 70.6 Å². The second-order valence-electron chi connectivity index (χ2n) is 25.6. The molecule has 0 amide bonds. The standard InChI is InChI=1S/C76H144O6/c1-4-7-10-13-16-19-22-25-28-30-31-32-33-34-35-36-37-38-39-40-41-42-43-44-45-46-49-51-54-57-60-63-66-69-75(78)81-72-73(71-80-74(77)68-65-62-59-56-53-50-47-27-24-21-18-15-12-9-6-3)82-76(79)70-67-64-61-58-55-52-48-29-26-23-20-17-14-11-8-5-2/h27,30-31,47,73H,4-26,28-29,32-46,48-72H2,1-3H3/b31-30-,47-27-. The van der Waals surface area contributed by atoms with Gasteiger partial charge in [-0.2, -0.15) is 0 Å². The second kappa shape index (κ2) is 71.4. The topological polar surface area (TPSA) is 78.9 Å². The zero-order valence-corrected chi connectivity index (χ0v) is 55.8. The summed E-state index contributed by atoms with van der Waals surface area (Å²) in [5, 5.41) is 0. The summed E-state index contributed by atoms with van der Waals surface area (Å²) in [6.07, 6.45) is 88.0. The Morgan fingerprint density at radius 2 is 0.402 bits per heavy atom. The SMILES string of the molecule is CCCCCCCC/C=C\CCCCCCCC(=O)OCC(COC(=O)CCCCCCCCCCCCCCCCCCCCCCC/C=C\CCCCCCCCCC)OC(=O)CCCCCCCCCCCCCCCCCC. The lowest BCUT2D eigenvalue weighted by Crippen LogP contribution is -2.30. The largest absolute Gasteiger partial charge is 0.462 e. The summed E-state index contributed by atoms with van der Waals surface area (Å²) < 4.78 is 17.0. The summed E-state index contributed by atoms with van der Waals surface area (Å²) in [4.78, 5) is 38.4. The quantitative estimate of drug-likeness (QED) is 0.0261. The first kappa shape index (κ1) is 79.9. The Balaban J connectivity index is 4.11. The normalized spacial score (nSPS) is 12.1. The molecule has 0 N–H and O–H groups in total. The van der Waals surface area contributed by atoms with E-state index in [1.54, 1.807) is 0 Å². The molecule has 0 aliphatic rings. The molecular formula is C76H144O6. The summed E-state index contributed by atoms with van der Waals surface area (Å²) >= 11 is 0. The van der Waals surface area contributed by atoms with Gasteiger partial charge in [0.25, 0.3) is 0 Å². The van der Waals surface area contributed by atoms with E-state index in [1.165, 1.54) is 321 Å². The van der Waals surface area contributed by atoms with Crippen molar-refractivity contribution in [2.24, 2.45) is 0 Å². The Morgan fingerprint density at radius 1 is 0.232 bits per heavy atom. The third kappa shape index (κ3) is 68.7. The Kier molecular flexibility index (Phi) is 69.5. The molecule has 6 heteroatoms. The van der Waals surface area contributed by atoms with Crippen LogP contribution in [-0.4, -0.2) is 37.2 Å². The Morgan fingerprint density at radius 3 is 0.610 bits per heavy atom. The molecular weight excluding hydrogens is 1010 g/mol. The van der Waals surface area contributed by atoms with Crippen LogP contribution in [0.3, 0.4) is 0 Å². The zero-order valence-electron chi connectivity index (χ0n) is 55.8. The first-order chi connectivity index (χ1) is 40.5. The van der Waals surface area contributed by atoms with E-state index in [1.807, 2.05) is 0 Å². The summed E-state index contributed by atoms with van der Waals surface area (Å²) in [5.74, 6) is -0.842. The molecule has 0 aliphatic carbocycles. The summed E-state index contributed by atoms with van der Waals surface area (Å²) in [5.41, 5.74) is 0. The number of carbonyl (C=O) groups excluding carboxylic acids is 3. The van der Waals surface area contributed by atoms with Gasteiger partial charge in [0.05, 0.1) is 0 Å². The van der Waals surface area contributed by atoms with Gasteiger partial charge in [0.1, 0.15) is 13.2 Å². The molecule has 0 aromatic rings. The van der Waals surface area contributed by atoms with Crippen molar-refractivity contribution in [3.8, 4) is 0 Å². The molecule has 0 aliphatic heterocycles. The molecule has 1 atom stereocenters. The highest BCUT2D eigenvalue weighted by Crippen LogP contribution is 2.19. The van der Waals surface area contributed by atoms with E-state index in [4.69, 9.17) is 14.2 Å². The van der Waals surface area contributed by atoms with Gasteiger partial charge in [-0.25, -0.2) is 0 Å². The van der Waals surface area contributed by atoms with Crippen molar-refractivity contribution in [3.63, 3.8) is 0 Å². The Hall–Kier alpha value is -2.11. The van der Waals surface area contributed by atoms with E-state index in [9.17, 15) is 14.4 Å². The molecule has 0 aromatic carbocycles. The van der Waals surface area contributed by atoms with Crippen molar-refractivity contribution in [2.45, 2.75) is 431 Å². The van der Waals surface area contributed by atoms with Crippen LogP contribution in [0, 0.1) is 0 Å². The maximum absolute atomic E-state index is 12.9. The van der Waals surface area contributed by atoms with Crippen LogP contribution >= 0.6 is 0 Å². The van der Waals surface area contributed by atoms with Gasteiger partial charge < -0.3 is 14.2 Å². The van der Waals surface area contributed by atoms with Gasteiger partial charge >= 0.3 is 17.9 Å². The summed E-state index contributed by atoms with van der Waals surface area (Å²) in [6, 6.07) is 0. The summed E-state index contributed by atoms with van der Waals surface area (Å²) in [7, 11) is 0. The number of unbranched alkanes of at least 4 members (excludes halogenated alkanes) is 55. The number of hydrogen-bond acceptors (Lipinski definition) is 6. The molecule has 0 rings (SSSR count). The van der Waals surface area contributed by atoms with Gasteiger partial charge in [0.15, 0.2) is 6.10 Å². The van der Waals surface area contributed by atoms with E-state index < -0.39 is 6.10 Å². The monoisotopic (exact) mass is 1150 g/mol. The van der Waals surface area contributed by atoms with Crippen LogP contribution in [0.4, 0.5) is 0 Å². The van der Waals surface area contributed by atoms with Crippen LogP contribution in [-0.2, 0) is 28.6 Å². The highest BCUT2D eigenvalue weighted by molar-refractivity contribution is 5.71. The van der Waals surface area contributed by atoms with E-state index in [-0.39, 0.29) is 31.1 Å². The molecule has 1 unspecified atom stereocenters. The van der Waals surface area contributed by atoms with Crippen LogP contribution in [0.5, 0.6) is 0 Å². The fourth-order valence-electron chi connectivity index (χ4n) is 11.6. The fourth-order valence-corrected chi connectivity index (χ4v) is 11.6. The molecule has 0 saturated carbocycles. The van der Waals surface area contributed by atoms with Crippen LogP contribution < -0.4 is 0 Å². The van der Waals surface area contributed by atoms with Crippen LogP contribution in [0.25, 0.3) is 0 Å². The number of carbonyl (C=O) groups is 3. The van der Waals surface area contributed by atoms with Gasteiger partial charge in [-0.1, -0.05) is 360 Å². The first-order valence-electron chi connectivity index (χ1n) is 37.3. The maximum atomic E-state index is 12.9. The molecule has 0 fully saturated rings. The molecule has 484 valence electrons. The van der Waals surface area contributed by atoms with E-state index in [0.29, 0.717) is 19.3 Å². The fraction of sp³-hybridized carbons (Fsp3) is 0.908. The van der Waals surface area contributed by atoms with Crippen LogP contribution in [0.1, 0.15) is 425 Å². The molecule has 0 aromatic heterocycles.